The largest absolute Gasteiger partial charge is 0.489 e. The minimum absolute atomic E-state index is 0.0916. The number of allylic oxidation sites excluding steroid dienone is 1. The SMILES string of the molecule is CC=CCOc1ccc(-c2cc(F)c3c(F)c(C(F)(F)F)c(F)cc3c2)c(F)c1. The summed E-state index contributed by atoms with van der Waals surface area (Å²) >= 11 is 0. The lowest BCUT2D eigenvalue weighted by molar-refractivity contribution is -0.142. The molecule has 3 aromatic carbocycles. The Balaban J connectivity index is 2.11. The van der Waals surface area contributed by atoms with E-state index in [1.165, 1.54) is 12.1 Å². The predicted molar refractivity (Wildman–Crippen MR) is 94.5 cm³/mol. The highest BCUT2D eigenvalue weighted by atomic mass is 19.4. The van der Waals surface area contributed by atoms with Crippen LogP contribution >= 0.6 is 0 Å². The molecule has 0 aliphatic carbocycles. The van der Waals surface area contributed by atoms with Crippen molar-refractivity contribution in [2.75, 3.05) is 6.61 Å². The van der Waals surface area contributed by atoms with Gasteiger partial charge >= 0.3 is 6.18 Å². The van der Waals surface area contributed by atoms with E-state index in [9.17, 15) is 30.7 Å². The summed E-state index contributed by atoms with van der Waals surface area (Å²) in [6, 6.07) is 5.83. The molecule has 0 aromatic heterocycles. The topological polar surface area (TPSA) is 9.23 Å². The second-order valence-electron chi connectivity index (χ2n) is 6.12. The van der Waals surface area contributed by atoms with Crippen LogP contribution in [-0.4, -0.2) is 6.61 Å². The Morgan fingerprint density at radius 1 is 0.897 bits per heavy atom. The lowest BCUT2D eigenvalue weighted by Crippen LogP contribution is -2.12. The normalized spacial score (nSPS) is 12.1. The first-order valence-corrected chi connectivity index (χ1v) is 8.35. The molecule has 0 atom stereocenters. The van der Waals surface area contributed by atoms with Gasteiger partial charge in [-0.1, -0.05) is 12.2 Å². The molecule has 0 amide bonds. The van der Waals surface area contributed by atoms with E-state index in [0.717, 1.165) is 12.1 Å². The molecular weight excluding hydrogens is 401 g/mol. The van der Waals surface area contributed by atoms with Crippen molar-refractivity contribution in [2.24, 2.45) is 0 Å². The van der Waals surface area contributed by atoms with Crippen LogP contribution < -0.4 is 4.74 Å². The number of halogens is 7. The average molecular weight is 414 g/mol. The van der Waals surface area contributed by atoms with Crippen LogP contribution in [0.25, 0.3) is 21.9 Å². The van der Waals surface area contributed by atoms with Gasteiger partial charge in [-0.25, -0.2) is 17.6 Å². The Morgan fingerprint density at radius 3 is 2.24 bits per heavy atom. The van der Waals surface area contributed by atoms with E-state index < -0.39 is 45.8 Å². The Hall–Kier alpha value is -3.03. The van der Waals surface area contributed by atoms with Gasteiger partial charge in [0.2, 0.25) is 0 Å². The fraction of sp³-hybridized carbons (Fsp3) is 0.143. The van der Waals surface area contributed by atoms with Gasteiger partial charge in [0.25, 0.3) is 0 Å². The molecule has 0 saturated carbocycles. The second-order valence-corrected chi connectivity index (χ2v) is 6.12. The molecule has 0 heterocycles. The number of fused-ring (bicyclic) bond motifs is 1. The first kappa shape index (κ1) is 20.7. The van der Waals surface area contributed by atoms with Gasteiger partial charge < -0.3 is 4.74 Å². The smallest absolute Gasteiger partial charge is 0.422 e. The fourth-order valence-corrected chi connectivity index (χ4v) is 2.89. The first-order chi connectivity index (χ1) is 13.6. The van der Waals surface area contributed by atoms with E-state index in [4.69, 9.17) is 4.74 Å². The van der Waals surface area contributed by atoms with Crippen LogP contribution in [0.2, 0.25) is 0 Å². The zero-order valence-corrected chi connectivity index (χ0v) is 14.9. The van der Waals surface area contributed by atoms with E-state index in [-0.39, 0.29) is 23.5 Å². The molecule has 152 valence electrons. The Kier molecular flexibility index (Phi) is 5.55. The van der Waals surface area contributed by atoms with Crippen molar-refractivity contribution in [1.82, 2.24) is 0 Å². The quantitative estimate of drug-likeness (QED) is 0.329. The maximum atomic E-state index is 14.4. The molecule has 3 aromatic rings. The van der Waals surface area contributed by atoms with Gasteiger partial charge in [0.15, 0.2) is 0 Å². The number of hydrogen-bond acceptors (Lipinski definition) is 1. The average Bonchev–Trinajstić information content (AvgIpc) is 2.60. The summed E-state index contributed by atoms with van der Waals surface area (Å²) in [6.07, 6.45) is -1.89. The summed E-state index contributed by atoms with van der Waals surface area (Å²) in [5.74, 6) is -5.89. The van der Waals surface area contributed by atoms with Gasteiger partial charge in [-0.2, -0.15) is 13.2 Å². The minimum Gasteiger partial charge on any atom is -0.489 e. The highest BCUT2D eigenvalue weighted by Gasteiger charge is 2.39. The highest BCUT2D eigenvalue weighted by molar-refractivity contribution is 5.89. The summed E-state index contributed by atoms with van der Waals surface area (Å²) in [7, 11) is 0. The number of rotatable bonds is 4. The zero-order chi connectivity index (χ0) is 21.3. The maximum absolute atomic E-state index is 14.4. The molecule has 0 fully saturated rings. The van der Waals surface area contributed by atoms with Crippen LogP contribution in [0, 0.1) is 23.3 Å². The highest BCUT2D eigenvalue weighted by Crippen LogP contribution is 2.39. The number of alkyl halides is 3. The maximum Gasteiger partial charge on any atom is 0.422 e. The summed E-state index contributed by atoms with van der Waals surface area (Å²) in [4.78, 5) is 0. The predicted octanol–water partition coefficient (Wildman–Crippen LogP) is 7.04. The number of ether oxygens (including phenoxy) is 1. The molecule has 0 unspecified atom stereocenters. The lowest BCUT2D eigenvalue weighted by atomic mass is 9.98. The van der Waals surface area contributed by atoms with Crippen molar-refractivity contribution >= 4 is 10.8 Å². The van der Waals surface area contributed by atoms with Crippen molar-refractivity contribution in [2.45, 2.75) is 13.1 Å². The molecule has 0 N–H and O–H groups in total. The number of benzene rings is 3. The zero-order valence-electron chi connectivity index (χ0n) is 14.9. The monoisotopic (exact) mass is 414 g/mol. The summed E-state index contributed by atoms with van der Waals surface area (Å²) in [6.45, 7) is 1.99. The van der Waals surface area contributed by atoms with Gasteiger partial charge in [-0.15, -0.1) is 0 Å². The molecule has 0 aliphatic rings. The molecule has 0 saturated heterocycles. The molecule has 8 heteroatoms. The molecule has 0 aliphatic heterocycles. The van der Waals surface area contributed by atoms with E-state index in [1.807, 2.05) is 0 Å². The third kappa shape index (κ3) is 4.06. The van der Waals surface area contributed by atoms with E-state index >= 15 is 0 Å². The van der Waals surface area contributed by atoms with Crippen LogP contribution in [0.15, 0.2) is 48.6 Å². The van der Waals surface area contributed by atoms with Gasteiger partial charge in [0.1, 0.15) is 41.2 Å². The van der Waals surface area contributed by atoms with E-state index in [2.05, 4.69) is 0 Å². The van der Waals surface area contributed by atoms with Crippen molar-refractivity contribution < 1.29 is 35.5 Å². The molecule has 3 rings (SSSR count). The molecule has 0 spiro atoms. The molecule has 29 heavy (non-hydrogen) atoms. The van der Waals surface area contributed by atoms with Gasteiger partial charge in [-0.05, 0) is 48.2 Å². The summed E-state index contributed by atoms with van der Waals surface area (Å²) in [5, 5.41) is -1.48. The van der Waals surface area contributed by atoms with Crippen molar-refractivity contribution in [3.05, 3.63) is 77.4 Å². The molecule has 0 bridgehead atoms. The summed E-state index contributed by atoms with van der Waals surface area (Å²) in [5.41, 5.74) is -2.37. The Bertz CT molecular complexity index is 1100. The summed E-state index contributed by atoms with van der Waals surface area (Å²) < 4.78 is 101. The third-order valence-corrected chi connectivity index (χ3v) is 4.20. The van der Waals surface area contributed by atoms with Crippen molar-refractivity contribution in [1.29, 1.82) is 0 Å². The lowest BCUT2D eigenvalue weighted by Gasteiger charge is -2.13. The second kappa shape index (κ2) is 7.77. The molecular formula is C21H13F7O. The minimum atomic E-state index is -5.33. The fourth-order valence-electron chi connectivity index (χ4n) is 2.89. The van der Waals surface area contributed by atoms with Crippen LogP contribution in [0.3, 0.4) is 0 Å². The first-order valence-electron chi connectivity index (χ1n) is 8.35. The van der Waals surface area contributed by atoms with Gasteiger partial charge in [0, 0.05) is 11.6 Å². The van der Waals surface area contributed by atoms with Crippen LogP contribution in [-0.2, 0) is 6.18 Å². The van der Waals surface area contributed by atoms with Crippen LogP contribution in [0.1, 0.15) is 12.5 Å². The third-order valence-electron chi connectivity index (χ3n) is 4.20. The van der Waals surface area contributed by atoms with Gasteiger partial charge in [-0.3, -0.25) is 0 Å². The van der Waals surface area contributed by atoms with Crippen molar-refractivity contribution in [3.63, 3.8) is 0 Å². The standard InChI is InChI=1S/C21H13F7O/c1-2-3-6-29-13-4-5-14(15(22)10-13)11-7-12-9-17(24)19(21(26,27)28)20(25)18(12)16(23)8-11/h2-5,7-10H,6H2,1H3. The van der Waals surface area contributed by atoms with E-state index in [0.29, 0.717) is 12.1 Å². The molecule has 1 nitrogen and oxygen atoms in total. The van der Waals surface area contributed by atoms with Gasteiger partial charge in [0.05, 0.1) is 5.39 Å². The van der Waals surface area contributed by atoms with E-state index in [1.54, 1.807) is 19.1 Å². The molecule has 0 radical (unpaired) electrons. The Labute approximate surface area is 161 Å². The van der Waals surface area contributed by atoms with Crippen molar-refractivity contribution in [3.8, 4) is 16.9 Å². The van der Waals surface area contributed by atoms with Crippen LogP contribution in [0.4, 0.5) is 30.7 Å². The van der Waals surface area contributed by atoms with Crippen LogP contribution in [0.5, 0.6) is 5.75 Å². The number of hydrogen-bond donors (Lipinski definition) is 0. The Morgan fingerprint density at radius 2 is 1.62 bits per heavy atom.